The highest BCUT2D eigenvalue weighted by molar-refractivity contribution is 4.73. The third-order valence-electron chi connectivity index (χ3n) is 1.69. The zero-order chi connectivity index (χ0) is 6.53. The lowest BCUT2D eigenvalue weighted by Gasteiger charge is -2.22. The van der Waals surface area contributed by atoms with Crippen LogP contribution in [-0.2, 0) is 0 Å². The highest BCUT2D eigenvalue weighted by atomic mass is 15.0. The molecular formula is C7H15N2. The van der Waals surface area contributed by atoms with E-state index in [-0.39, 0.29) is 0 Å². The molecule has 1 saturated heterocycles. The van der Waals surface area contributed by atoms with Gasteiger partial charge in [0, 0.05) is 25.7 Å². The minimum Gasteiger partial charge on any atom is -0.311 e. The average Bonchev–Trinajstić information content (AvgIpc) is 1.91. The molecule has 1 N–H and O–H groups in total. The molecule has 1 heterocycles. The summed E-state index contributed by atoms with van der Waals surface area (Å²) in [4.78, 5) is 0. The van der Waals surface area contributed by atoms with Gasteiger partial charge in [0.1, 0.15) is 0 Å². The van der Waals surface area contributed by atoms with Gasteiger partial charge in [0.25, 0.3) is 0 Å². The van der Waals surface area contributed by atoms with Gasteiger partial charge in [-0.25, -0.2) is 5.32 Å². The maximum absolute atomic E-state index is 4.31. The van der Waals surface area contributed by atoms with Gasteiger partial charge in [-0.15, -0.1) is 0 Å². The average molecular weight is 127 g/mol. The summed E-state index contributed by atoms with van der Waals surface area (Å²) in [6.07, 6.45) is 2.55. The van der Waals surface area contributed by atoms with E-state index >= 15 is 0 Å². The maximum Gasteiger partial charge on any atom is 0.0288 e. The summed E-state index contributed by atoms with van der Waals surface area (Å²) >= 11 is 0. The molecule has 1 fully saturated rings. The summed E-state index contributed by atoms with van der Waals surface area (Å²) in [6, 6.07) is 0.684. The van der Waals surface area contributed by atoms with Crippen molar-refractivity contribution in [2.24, 2.45) is 0 Å². The third kappa shape index (κ3) is 2.33. The van der Waals surface area contributed by atoms with Crippen LogP contribution in [0.1, 0.15) is 19.8 Å². The van der Waals surface area contributed by atoms with E-state index in [0.717, 1.165) is 19.6 Å². The zero-order valence-electron chi connectivity index (χ0n) is 6.06. The molecule has 0 aromatic heterocycles. The predicted molar refractivity (Wildman–Crippen MR) is 38.6 cm³/mol. The van der Waals surface area contributed by atoms with Crippen LogP contribution in [-0.4, -0.2) is 25.7 Å². The molecule has 2 heteroatoms. The van der Waals surface area contributed by atoms with Crippen LogP contribution >= 0.6 is 0 Å². The van der Waals surface area contributed by atoms with Gasteiger partial charge in [0.2, 0.25) is 0 Å². The van der Waals surface area contributed by atoms with Gasteiger partial charge in [-0.2, -0.15) is 0 Å². The summed E-state index contributed by atoms with van der Waals surface area (Å²) in [6.45, 7) is 5.36. The van der Waals surface area contributed by atoms with Gasteiger partial charge in [-0.3, -0.25) is 0 Å². The summed E-state index contributed by atoms with van der Waals surface area (Å²) in [7, 11) is 0. The minimum absolute atomic E-state index is 0.684. The second kappa shape index (κ2) is 3.85. The van der Waals surface area contributed by atoms with E-state index in [1.807, 2.05) is 0 Å². The van der Waals surface area contributed by atoms with E-state index in [0.29, 0.717) is 6.04 Å². The van der Waals surface area contributed by atoms with Crippen molar-refractivity contribution < 1.29 is 0 Å². The normalized spacial score (nSPS) is 28.3. The lowest BCUT2D eigenvalue weighted by atomic mass is 10.1. The second-order valence-electron chi connectivity index (χ2n) is 2.57. The second-order valence-corrected chi connectivity index (χ2v) is 2.57. The fourth-order valence-electron chi connectivity index (χ4n) is 1.20. The first kappa shape index (κ1) is 7.03. The Kier molecular flexibility index (Phi) is 3.01. The van der Waals surface area contributed by atoms with Gasteiger partial charge in [-0.1, -0.05) is 13.3 Å². The topological polar surface area (TPSA) is 26.1 Å². The molecule has 1 aliphatic rings. The Bertz CT molecular complexity index is 64.6. The Morgan fingerprint density at radius 1 is 1.67 bits per heavy atom. The van der Waals surface area contributed by atoms with Crippen LogP contribution in [0.3, 0.4) is 0 Å². The number of nitrogens with one attached hydrogen (secondary N) is 1. The molecule has 0 aromatic rings. The van der Waals surface area contributed by atoms with Crippen LogP contribution in [0.4, 0.5) is 0 Å². The zero-order valence-corrected chi connectivity index (χ0v) is 6.06. The van der Waals surface area contributed by atoms with Crippen molar-refractivity contribution in [3.05, 3.63) is 0 Å². The van der Waals surface area contributed by atoms with Crippen molar-refractivity contribution in [3.8, 4) is 0 Å². The van der Waals surface area contributed by atoms with Crippen LogP contribution < -0.4 is 10.6 Å². The van der Waals surface area contributed by atoms with E-state index < -0.39 is 0 Å². The Balaban J connectivity index is 2.08. The summed E-state index contributed by atoms with van der Waals surface area (Å²) in [5, 5.41) is 7.74. The van der Waals surface area contributed by atoms with Crippen LogP contribution in [0.25, 0.3) is 0 Å². The van der Waals surface area contributed by atoms with Crippen LogP contribution in [0.15, 0.2) is 0 Å². The highest BCUT2D eigenvalue weighted by Gasteiger charge is 2.10. The molecule has 9 heavy (non-hydrogen) atoms. The van der Waals surface area contributed by atoms with Crippen molar-refractivity contribution in [2.75, 3.05) is 19.6 Å². The monoisotopic (exact) mass is 127 g/mol. The number of hydrogen-bond acceptors (Lipinski definition) is 1. The van der Waals surface area contributed by atoms with E-state index in [9.17, 15) is 0 Å². The number of rotatable bonds is 2. The molecule has 0 aliphatic carbocycles. The molecule has 1 atom stereocenters. The molecule has 0 saturated carbocycles. The molecule has 2 nitrogen and oxygen atoms in total. The van der Waals surface area contributed by atoms with Crippen molar-refractivity contribution in [1.82, 2.24) is 10.6 Å². The molecule has 1 radical (unpaired) electrons. The SMILES string of the molecule is CCCC1C[N]CCN1. The van der Waals surface area contributed by atoms with Crippen LogP contribution in [0.2, 0.25) is 0 Å². The number of hydrogen-bond donors (Lipinski definition) is 1. The van der Waals surface area contributed by atoms with Crippen molar-refractivity contribution in [2.45, 2.75) is 25.8 Å². The van der Waals surface area contributed by atoms with E-state index in [2.05, 4.69) is 17.6 Å². The Hall–Kier alpha value is -0.0800. The van der Waals surface area contributed by atoms with E-state index in [1.54, 1.807) is 0 Å². The minimum atomic E-state index is 0.684. The molecular weight excluding hydrogens is 112 g/mol. The summed E-state index contributed by atoms with van der Waals surface area (Å²) in [5.74, 6) is 0. The molecule has 1 aliphatic heterocycles. The molecule has 53 valence electrons. The Labute approximate surface area is 57.0 Å². The summed E-state index contributed by atoms with van der Waals surface area (Å²) in [5.41, 5.74) is 0. The van der Waals surface area contributed by atoms with Gasteiger partial charge in [0.05, 0.1) is 0 Å². The molecule has 1 rings (SSSR count). The van der Waals surface area contributed by atoms with Gasteiger partial charge in [0.15, 0.2) is 0 Å². The van der Waals surface area contributed by atoms with E-state index in [4.69, 9.17) is 0 Å². The van der Waals surface area contributed by atoms with Crippen molar-refractivity contribution in [1.29, 1.82) is 0 Å². The molecule has 0 bridgehead atoms. The Morgan fingerprint density at radius 3 is 3.11 bits per heavy atom. The van der Waals surface area contributed by atoms with Gasteiger partial charge in [-0.05, 0) is 6.42 Å². The third-order valence-corrected chi connectivity index (χ3v) is 1.69. The maximum atomic E-state index is 4.31. The molecule has 0 spiro atoms. The number of piperazine rings is 1. The first-order valence-corrected chi connectivity index (χ1v) is 3.80. The molecule has 1 unspecified atom stereocenters. The lowest BCUT2D eigenvalue weighted by molar-refractivity contribution is 0.392. The lowest BCUT2D eigenvalue weighted by Crippen LogP contribution is -2.44. The van der Waals surface area contributed by atoms with Crippen molar-refractivity contribution in [3.63, 3.8) is 0 Å². The van der Waals surface area contributed by atoms with Crippen molar-refractivity contribution >= 4 is 0 Å². The quantitative estimate of drug-likeness (QED) is 0.569. The highest BCUT2D eigenvalue weighted by Crippen LogP contribution is 1.97. The summed E-state index contributed by atoms with van der Waals surface area (Å²) < 4.78 is 0. The van der Waals surface area contributed by atoms with E-state index in [1.165, 1.54) is 12.8 Å². The molecule has 0 amide bonds. The first-order chi connectivity index (χ1) is 4.43. The van der Waals surface area contributed by atoms with Crippen LogP contribution in [0, 0.1) is 0 Å². The Morgan fingerprint density at radius 2 is 2.56 bits per heavy atom. The largest absolute Gasteiger partial charge is 0.311 e. The first-order valence-electron chi connectivity index (χ1n) is 3.80. The van der Waals surface area contributed by atoms with Gasteiger partial charge < -0.3 is 5.32 Å². The van der Waals surface area contributed by atoms with Gasteiger partial charge >= 0.3 is 0 Å². The fraction of sp³-hybridized carbons (Fsp3) is 1.00. The fourth-order valence-corrected chi connectivity index (χ4v) is 1.20. The molecule has 0 aromatic carbocycles. The standard InChI is InChI=1S/C7H15N2/c1-2-3-7-6-8-4-5-9-7/h7,9H,2-6H2,1H3. The number of nitrogens with zero attached hydrogens (tertiary/aromatic N) is 1. The van der Waals surface area contributed by atoms with Crippen LogP contribution in [0.5, 0.6) is 0 Å². The predicted octanol–water partition coefficient (Wildman–Crippen LogP) is 0.363. The smallest absolute Gasteiger partial charge is 0.0288 e.